The Morgan fingerprint density at radius 1 is 1.50 bits per heavy atom. The first-order valence-electron chi connectivity index (χ1n) is 10.0. The number of nitrogen functional groups attached to an aromatic ring is 1. The lowest BCUT2D eigenvalue weighted by Gasteiger charge is -2.44. The number of β-lactam (4-membered cyclic amide) rings is 1. The number of aliphatic carboxylic acids is 1. The van der Waals surface area contributed by atoms with Crippen LogP contribution >= 0.6 is 23.1 Å². The zero-order valence-corrected chi connectivity index (χ0v) is 18.5. The molecule has 0 radical (unpaired) electrons. The first-order valence-corrected chi connectivity index (χ1v) is 11.8. The highest BCUT2D eigenvalue weighted by Gasteiger charge is 2.64. The van der Waals surface area contributed by atoms with Gasteiger partial charge in [0.05, 0.1) is 11.6 Å². The lowest BCUT2D eigenvalue weighted by Crippen LogP contribution is -2.70. The Balaban J connectivity index is 1.49. The van der Waals surface area contributed by atoms with Crippen LogP contribution in [0.4, 0.5) is 5.13 Å². The summed E-state index contributed by atoms with van der Waals surface area (Å²) in [6.45, 7) is 4.96. The third kappa shape index (κ3) is 3.78. The molecule has 164 valence electrons. The Bertz CT molecular complexity index is 854. The van der Waals surface area contributed by atoms with Gasteiger partial charge in [-0.25, -0.2) is 9.78 Å². The molecule has 11 heteroatoms. The van der Waals surface area contributed by atoms with E-state index >= 15 is 0 Å². The standard InChI is InChI=1S/C19H26N4O5S2/c1-19(2)13(17(26)27)23-15(25)12(16(23)30-19)22-14(24)10(11-8-29-18(20)21-11)6-9-4-3-5-28-7-9/h8-10,12-13,16H,3-7H2,1-2H3,(H2,20,21)(H,22,24)(H,26,27)/t9?,10?,12-,13+,16-/m1/s1. The number of carboxylic acid groups (broad SMARTS) is 1. The molecule has 0 saturated carbocycles. The predicted molar refractivity (Wildman–Crippen MR) is 113 cm³/mol. The molecule has 9 nitrogen and oxygen atoms in total. The molecule has 3 saturated heterocycles. The average molecular weight is 455 g/mol. The molecule has 2 amide bonds. The van der Waals surface area contributed by atoms with Crippen LogP contribution in [0, 0.1) is 5.92 Å². The number of amides is 2. The highest BCUT2D eigenvalue weighted by Crippen LogP contribution is 2.50. The zero-order valence-electron chi connectivity index (χ0n) is 16.9. The van der Waals surface area contributed by atoms with Gasteiger partial charge in [0.2, 0.25) is 11.8 Å². The number of nitrogens with one attached hydrogen (secondary N) is 1. The number of rotatable bonds is 6. The summed E-state index contributed by atoms with van der Waals surface area (Å²) in [6.07, 6.45) is 2.51. The highest BCUT2D eigenvalue weighted by atomic mass is 32.2. The number of nitrogens with two attached hydrogens (primary N) is 1. The molecule has 3 aliphatic heterocycles. The third-order valence-corrected chi connectivity index (χ3v) is 8.27. The molecule has 4 N–H and O–H groups in total. The number of nitrogens with zero attached hydrogens (tertiary/aromatic N) is 2. The fourth-order valence-corrected chi connectivity index (χ4v) is 6.79. The maximum atomic E-state index is 13.2. The van der Waals surface area contributed by atoms with Crippen molar-refractivity contribution in [3.8, 4) is 0 Å². The molecule has 4 heterocycles. The van der Waals surface area contributed by atoms with Gasteiger partial charge in [-0.15, -0.1) is 23.1 Å². The average Bonchev–Trinajstić information content (AvgIpc) is 3.23. The number of thiazole rings is 1. The summed E-state index contributed by atoms with van der Waals surface area (Å²) in [7, 11) is 0. The summed E-state index contributed by atoms with van der Waals surface area (Å²) in [5, 5.41) is 14.2. The van der Waals surface area contributed by atoms with Crippen LogP contribution in [0.5, 0.6) is 0 Å². The van der Waals surface area contributed by atoms with E-state index in [0.717, 1.165) is 19.4 Å². The van der Waals surface area contributed by atoms with Gasteiger partial charge >= 0.3 is 5.97 Å². The predicted octanol–water partition coefficient (Wildman–Crippen LogP) is 1.26. The normalized spacial score (nSPS) is 31.0. The van der Waals surface area contributed by atoms with Gasteiger partial charge in [0.25, 0.3) is 0 Å². The number of carboxylic acids is 1. The van der Waals surface area contributed by atoms with Crippen LogP contribution in [0.1, 0.15) is 44.7 Å². The van der Waals surface area contributed by atoms with Crippen molar-refractivity contribution in [1.29, 1.82) is 0 Å². The summed E-state index contributed by atoms with van der Waals surface area (Å²) < 4.78 is 4.92. The maximum absolute atomic E-state index is 13.2. The molecule has 0 bridgehead atoms. The van der Waals surface area contributed by atoms with E-state index in [1.165, 1.54) is 28.0 Å². The second-order valence-corrected chi connectivity index (χ2v) is 11.2. The third-order valence-electron chi connectivity index (χ3n) is 6.01. The van der Waals surface area contributed by atoms with E-state index in [4.69, 9.17) is 10.5 Å². The Kier molecular flexibility index (Phi) is 5.71. The van der Waals surface area contributed by atoms with Crippen LogP contribution in [-0.4, -0.2) is 68.2 Å². The van der Waals surface area contributed by atoms with Crippen molar-refractivity contribution in [1.82, 2.24) is 15.2 Å². The van der Waals surface area contributed by atoms with Gasteiger partial charge in [0.15, 0.2) is 5.13 Å². The van der Waals surface area contributed by atoms with E-state index < -0.39 is 28.7 Å². The van der Waals surface area contributed by atoms with Crippen molar-refractivity contribution < 1.29 is 24.2 Å². The number of carbonyl (C=O) groups excluding carboxylic acids is 2. The van der Waals surface area contributed by atoms with E-state index in [2.05, 4.69) is 10.3 Å². The number of hydrogen-bond acceptors (Lipinski definition) is 8. The summed E-state index contributed by atoms with van der Waals surface area (Å²) in [6, 6.07) is -1.63. The van der Waals surface area contributed by atoms with Crippen molar-refractivity contribution in [3.63, 3.8) is 0 Å². The first kappa shape index (κ1) is 21.4. The van der Waals surface area contributed by atoms with Crippen molar-refractivity contribution in [2.75, 3.05) is 18.9 Å². The number of hydrogen-bond donors (Lipinski definition) is 3. The first-order chi connectivity index (χ1) is 14.2. The second-order valence-electron chi connectivity index (χ2n) is 8.57. The van der Waals surface area contributed by atoms with Crippen LogP contribution in [0.2, 0.25) is 0 Å². The Morgan fingerprint density at radius 3 is 2.87 bits per heavy atom. The van der Waals surface area contributed by atoms with Crippen LogP contribution in [0.15, 0.2) is 5.38 Å². The monoisotopic (exact) mass is 454 g/mol. The minimum Gasteiger partial charge on any atom is -0.480 e. The molecule has 5 atom stereocenters. The molecule has 0 aliphatic carbocycles. The van der Waals surface area contributed by atoms with Crippen molar-refractivity contribution in [2.24, 2.45) is 5.92 Å². The van der Waals surface area contributed by atoms with E-state index in [1.54, 1.807) is 5.38 Å². The number of thioether (sulfide) groups is 1. The summed E-state index contributed by atoms with van der Waals surface area (Å²) in [5.41, 5.74) is 6.39. The van der Waals surface area contributed by atoms with Gasteiger partial charge in [-0.05, 0) is 39.0 Å². The Morgan fingerprint density at radius 2 is 2.27 bits per heavy atom. The topological polar surface area (TPSA) is 135 Å². The van der Waals surface area contributed by atoms with Crippen LogP contribution in [0.3, 0.4) is 0 Å². The molecular weight excluding hydrogens is 428 g/mol. The molecule has 0 spiro atoms. The quantitative estimate of drug-likeness (QED) is 0.547. The second kappa shape index (κ2) is 8.01. The molecule has 0 aromatic carbocycles. The number of anilines is 1. The van der Waals surface area contributed by atoms with E-state index in [9.17, 15) is 19.5 Å². The molecule has 3 aliphatic rings. The molecule has 4 rings (SSSR count). The lowest BCUT2D eigenvalue weighted by atomic mass is 9.87. The van der Waals surface area contributed by atoms with Crippen LogP contribution < -0.4 is 11.1 Å². The summed E-state index contributed by atoms with van der Waals surface area (Å²) in [5.74, 6) is -1.94. The fraction of sp³-hybridized carbons (Fsp3) is 0.684. The molecule has 3 fully saturated rings. The van der Waals surface area contributed by atoms with Gasteiger partial charge in [-0.1, -0.05) is 0 Å². The van der Waals surface area contributed by atoms with Crippen LogP contribution in [-0.2, 0) is 19.1 Å². The highest BCUT2D eigenvalue weighted by molar-refractivity contribution is 8.01. The lowest BCUT2D eigenvalue weighted by molar-refractivity contribution is -0.161. The largest absolute Gasteiger partial charge is 0.480 e. The van der Waals surface area contributed by atoms with Crippen molar-refractivity contribution >= 4 is 46.0 Å². The van der Waals surface area contributed by atoms with Gasteiger partial charge in [0, 0.05) is 23.3 Å². The number of ether oxygens (including phenoxy) is 1. The smallest absolute Gasteiger partial charge is 0.327 e. The molecule has 1 aromatic heterocycles. The van der Waals surface area contributed by atoms with Gasteiger partial charge in [-0.2, -0.15) is 0 Å². The number of carbonyl (C=O) groups is 3. The Labute approximate surface area is 182 Å². The van der Waals surface area contributed by atoms with Crippen LogP contribution in [0.25, 0.3) is 0 Å². The van der Waals surface area contributed by atoms with E-state index in [1.807, 2.05) is 13.8 Å². The molecule has 30 heavy (non-hydrogen) atoms. The number of fused-ring (bicyclic) bond motifs is 1. The fourth-order valence-electron chi connectivity index (χ4n) is 4.55. The Hall–Kier alpha value is -1.85. The van der Waals surface area contributed by atoms with Crippen molar-refractivity contribution in [3.05, 3.63) is 11.1 Å². The molecular formula is C19H26N4O5S2. The minimum absolute atomic E-state index is 0.238. The zero-order chi connectivity index (χ0) is 21.6. The van der Waals surface area contributed by atoms with Gasteiger partial charge in [-0.3, -0.25) is 9.59 Å². The number of aromatic nitrogens is 1. The van der Waals surface area contributed by atoms with E-state index in [0.29, 0.717) is 23.9 Å². The van der Waals surface area contributed by atoms with E-state index in [-0.39, 0.29) is 23.1 Å². The maximum Gasteiger partial charge on any atom is 0.327 e. The van der Waals surface area contributed by atoms with Crippen molar-refractivity contribution in [2.45, 2.75) is 61.2 Å². The van der Waals surface area contributed by atoms with Gasteiger partial charge in [0.1, 0.15) is 17.5 Å². The van der Waals surface area contributed by atoms with Gasteiger partial charge < -0.3 is 25.8 Å². The summed E-state index contributed by atoms with van der Waals surface area (Å²) >= 11 is 2.69. The summed E-state index contributed by atoms with van der Waals surface area (Å²) in [4.78, 5) is 43.3. The molecule has 1 aromatic rings. The minimum atomic E-state index is -1.03. The molecule has 2 unspecified atom stereocenters. The SMILES string of the molecule is CC1(C)S[C@@H]2[C@H](NC(=O)C(CC3CCCOC3)c3csc(N)n3)C(=O)N2[C@H]1C(=O)O.